The predicted octanol–water partition coefficient (Wildman–Crippen LogP) is 1.47. The van der Waals surface area contributed by atoms with Crippen LogP contribution in [-0.2, 0) is 0 Å². The van der Waals surface area contributed by atoms with Gasteiger partial charge in [0.1, 0.15) is 0 Å². The SMILES string of the molecule is CC1CCN(C[C@H](O)CN(C)[C@H]2CCCN(c3cccnn3)C2)CC1. The fraction of sp³-hybridized carbons (Fsp3) is 0.789. The van der Waals surface area contributed by atoms with Gasteiger partial charge < -0.3 is 14.9 Å². The van der Waals surface area contributed by atoms with Gasteiger partial charge in [-0.25, -0.2) is 0 Å². The summed E-state index contributed by atoms with van der Waals surface area (Å²) in [5, 5.41) is 18.8. The van der Waals surface area contributed by atoms with Crippen molar-refractivity contribution in [3.8, 4) is 0 Å². The molecule has 2 fully saturated rings. The molecule has 0 aromatic carbocycles. The summed E-state index contributed by atoms with van der Waals surface area (Å²) in [7, 11) is 2.15. The molecule has 1 aromatic heterocycles. The molecule has 2 aliphatic heterocycles. The normalized spacial score (nSPS) is 24.6. The second-order valence-corrected chi connectivity index (χ2v) is 7.90. The smallest absolute Gasteiger partial charge is 0.151 e. The van der Waals surface area contributed by atoms with Crippen molar-refractivity contribution in [3.63, 3.8) is 0 Å². The zero-order valence-electron chi connectivity index (χ0n) is 15.7. The van der Waals surface area contributed by atoms with Gasteiger partial charge >= 0.3 is 0 Å². The number of nitrogens with zero attached hydrogens (tertiary/aromatic N) is 5. The summed E-state index contributed by atoms with van der Waals surface area (Å²) in [6.07, 6.45) is 6.31. The minimum atomic E-state index is -0.273. The van der Waals surface area contributed by atoms with Gasteiger partial charge in [0.15, 0.2) is 5.82 Å². The Labute approximate surface area is 151 Å². The second-order valence-electron chi connectivity index (χ2n) is 7.90. The quantitative estimate of drug-likeness (QED) is 0.841. The molecule has 0 amide bonds. The Morgan fingerprint density at radius 3 is 2.80 bits per heavy atom. The van der Waals surface area contributed by atoms with E-state index in [0.29, 0.717) is 6.04 Å². The molecule has 0 saturated carbocycles. The maximum atomic E-state index is 10.5. The van der Waals surface area contributed by atoms with Gasteiger partial charge in [-0.2, -0.15) is 5.10 Å². The van der Waals surface area contributed by atoms with Crippen LogP contribution in [0.4, 0.5) is 5.82 Å². The maximum absolute atomic E-state index is 10.5. The number of likely N-dealkylation sites (tertiary alicyclic amines) is 1. The fourth-order valence-corrected chi connectivity index (χ4v) is 4.07. The Morgan fingerprint density at radius 2 is 2.08 bits per heavy atom. The number of hydrogen-bond donors (Lipinski definition) is 1. The summed E-state index contributed by atoms with van der Waals surface area (Å²) in [5.74, 6) is 1.80. The Hall–Kier alpha value is -1.24. The third-order valence-corrected chi connectivity index (χ3v) is 5.75. The number of hydrogen-bond acceptors (Lipinski definition) is 6. The molecule has 0 radical (unpaired) electrons. The first-order chi connectivity index (χ1) is 12.1. The molecule has 2 saturated heterocycles. The maximum Gasteiger partial charge on any atom is 0.151 e. The number of anilines is 1. The Kier molecular flexibility index (Phi) is 6.62. The molecule has 1 aromatic rings. The van der Waals surface area contributed by atoms with E-state index in [9.17, 15) is 5.11 Å². The third-order valence-electron chi connectivity index (χ3n) is 5.75. The van der Waals surface area contributed by atoms with E-state index in [-0.39, 0.29) is 6.10 Å². The molecule has 25 heavy (non-hydrogen) atoms. The highest BCUT2D eigenvalue weighted by Gasteiger charge is 2.26. The molecule has 3 rings (SSSR count). The Morgan fingerprint density at radius 1 is 1.28 bits per heavy atom. The van der Waals surface area contributed by atoms with Crippen molar-refractivity contribution < 1.29 is 5.11 Å². The van der Waals surface area contributed by atoms with Crippen LogP contribution in [0.25, 0.3) is 0 Å². The van der Waals surface area contributed by atoms with E-state index in [4.69, 9.17) is 0 Å². The lowest BCUT2D eigenvalue weighted by Gasteiger charge is -2.39. The van der Waals surface area contributed by atoms with E-state index >= 15 is 0 Å². The van der Waals surface area contributed by atoms with Crippen LogP contribution in [0, 0.1) is 5.92 Å². The molecule has 0 bridgehead atoms. The standard InChI is InChI=1S/C19H33N5O/c1-16-7-11-23(12-8-16)15-18(25)14-22(2)17-5-4-10-24(13-17)19-6-3-9-20-21-19/h3,6,9,16-18,25H,4-5,7-8,10-15H2,1-2H3/t17-,18+/m0/s1. The van der Waals surface area contributed by atoms with E-state index in [1.54, 1.807) is 6.20 Å². The van der Waals surface area contributed by atoms with Crippen LogP contribution in [0.1, 0.15) is 32.6 Å². The molecule has 2 aliphatic rings. The highest BCUT2D eigenvalue weighted by molar-refractivity contribution is 5.37. The Bertz CT molecular complexity index is 506. The van der Waals surface area contributed by atoms with Crippen LogP contribution in [-0.4, -0.2) is 83.6 Å². The summed E-state index contributed by atoms with van der Waals surface area (Å²) in [6, 6.07) is 4.44. The molecular formula is C19H33N5O. The van der Waals surface area contributed by atoms with Gasteiger partial charge in [-0.1, -0.05) is 6.92 Å². The number of likely N-dealkylation sites (N-methyl/N-ethyl adjacent to an activating group) is 1. The van der Waals surface area contributed by atoms with Crippen molar-refractivity contribution in [1.82, 2.24) is 20.0 Å². The average Bonchev–Trinajstić information content (AvgIpc) is 2.64. The van der Waals surface area contributed by atoms with Gasteiger partial charge in [0.2, 0.25) is 0 Å². The van der Waals surface area contributed by atoms with Crippen LogP contribution >= 0.6 is 0 Å². The lowest BCUT2D eigenvalue weighted by molar-refractivity contribution is 0.0547. The van der Waals surface area contributed by atoms with Crippen molar-refractivity contribution in [2.45, 2.75) is 44.8 Å². The average molecular weight is 348 g/mol. The zero-order chi connectivity index (χ0) is 17.6. The van der Waals surface area contributed by atoms with Crippen LogP contribution in [0.15, 0.2) is 18.3 Å². The molecule has 140 valence electrons. The van der Waals surface area contributed by atoms with Crippen LogP contribution < -0.4 is 4.90 Å². The van der Waals surface area contributed by atoms with E-state index in [0.717, 1.165) is 57.4 Å². The number of β-amino-alcohol motifs (C(OH)–C–C–N with tert-alkyl or cyclic N) is 1. The van der Waals surface area contributed by atoms with Gasteiger partial charge in [-0.15, -0.1) is 5.10 Å². The van der Waals surface area contributed by atoms with E-state index in [2.05, 4.69) is 38.9 Å². The summed E-state index contributed by atoms with van der Waals surface area (Å²) in [5.41, 5.74) is 0. The summed E-state index contributed by atoms with van der Waals surface area (Å²) in [4.78, 5) is 7.07. The predicted molar refractivity (Wildman–Crippen MR) is 101 cm³/mol. The topological polar surface area (TPSA) is 55.7 Å². The minimum Gasteiger partial charge on any atom is -0.390 e. The number of aromatic nitrogens is 2. The monoisotopic (exact) mass is 347 g/mol. The van der Waals surface area contributed by atoms with Gasteiger partial charge in [0, 0.05) is 38.4 Å². The molecule has 0 aliphatic carbocycles. The van der Waals surface area contributed by atoms with Crippen molar-refractivity contribution in [2.24, 2.45) is 5.92 Å². The number of rotatable bonds is 6. The lowest BCUT2D eigenvalue weighted by Crippen LogP contribution is -2.50. The van der Waals surface area contributed by atoms with Crippen molar-refractivity contribution >= 4 is 5.82 Å². The lowest BCUT2D eigenvalue weighted by atomic mass is 9.99. The molecule has 0 unspecified atom stereocenters. The summed E-state index contributed by atoms with van der Waals surface area (Å²) < 4.78 is 0. The van der Waals surface area contributed by atoms with E-state index in [1.807, 2.05) is 12.1 Å². The zero-order valence-corrected chi connectivity index (χ0v) is 15.7. The van der Waals surface area contributed by atoms with Gasteiger partial charge in [0.05, 0.1) is 6.10 Å². The highest BCUT2D eigenvalue weighted by Crippen LogP contribution is 2.20. The molecule has 1 N–H and O–H groups in total. The summed E-state index contributed by atoms with van der Waals surface area (Å²) in [6.45, 7) is 8.13. The molecule has 0 spiro atoms. The van der Waals surface area contributed by atoms with Crippen molar-refractivity contribution in [2.75, 3.05) is 51.2 Å². The second kappa shape index (κ2) is 8.92. The molecular weight excluding hydrogens is 314 g/mol. The largest absolute Gasteiger partial charge is 0.390 e. The summed E-state index contributed by atoms with van der Waals surface area (Å²) >= 11 is 0. The number of aliphatic hydroxyl groups is 1. The first-order valence-corrected chi connectivity index (χ1v) is 9.75. The third kappa shape index (κ3) is 5.36. The van der Waals surface area contributed by atoms with Crippen molar-refractivity contribution in [1.29, 1.82) is 0 Å². The van der Waals surface area contributed by atoms with Gasteiger partial charge in [-0.05, 0) is 63.9 Å². The van der Waals surface area contributed by atoms with Crippen molar-refractivity contribution in [3.05, 3.63) is 18.3 Å². The fourth-order valence-electron chi connectivity index (χ4n) is 4.07. The number of aliphatic hydroxyl groups excluding tert-OH is 1. The first-order valence-electron chi connectivity index (χ1n) is 9.75. The number of piperidine rings is 2. The van der Waals surface area contributed by atoms with E-state index < -0.39 is 0 Å². The first kappa shape index (κ1) is 18.5. The minimum absolute atomic E-state index is 0.273. The van der Waals surface area contributed by atoms with Gasteiger partial charge in [-0.3, -0.25) is 4.90 Å². The van der Waals surface area contributed by atoms with Gasteiger partial charge in [0.25, 0.3) is 0 Å². The molecule has 6 nitrogen and oxygen atoms in total. The molecule has 6 heteroatoms. The highest BCUT2D eigenvalue weighted by atomic mass is 16.3. The Balaban J connectivity index is 1.46. The van der Waals surface area contributed by atoms with Crippen LogP contribution in [0.2, 0.25) is 0 Å². The molecule has 3 heterocycles. The van der Waals surface area contributed by atoms with Crippen LogP contribution in [0.5, 0.6) is 0 Å². The molecule has 2 atom stereocenters. The van der Waals surface area contributed by atoms with Crippen LogP contribution in [0.3, 0.4) is 0 Å². The van der Waals surface area contributed by atoms with E-state index in [1.165, 1.54) is 19.3 Å².